The van der Waals surface area contributed by atoms with Crippen LogP contribution in [0.15, 0.2) is 78.9 Å². The molecule has 0 spiro atoms. The average Bonchev–Trinajstić information content (AvgIpc) is 3.04. The van der Waals surface area contributed by atoms with Gasteiger partial charge in [-0.15, -0.1) is 0 Å². The Hall–Kier alpha value is -3.73. The molecular weight excluding hydrogens is 586 g/mol. The number of aryl methyl sites for hydroxylation is 1. The molecule has 3 unspecified atom stereocenters. The van der Waals surface area contributed by atoms with E-state index in [1.807, 2.05) is 56.3 Å². The maximum absolute atomic E-state index is 13.7. The number of amides is 2. The molecule has 1 aliphatic rings. The van der Waals surface area contributed by atoms with Gasteiger partial charge >= 0.3 is 0 Å². The molecule has 0 bridgehead atoms. The van der Waals surface area contributed by atoms with Crippen LogP contribution in [0.4, 0.5) is 11.4 Å². The highest BCUT2D eigenvalue weighted by molar-refractivity contribution is 7.92. The fourth-order valence-corrected chi connectivity index (χ4v) is 6.87. The maximum atomic E-state index is 13.7. The normalized spacial score (nSPS) is 15.9. The second-order valence-corrected chi connectivity index (χ2v) is 13.8. The van der Waals surface area contributed by atoms with E-state index in [4.69, 9.17) is 5.73 Å². The number of rotatable bonds is 14. The molecule has 0 radical (unpaired) electrons. The molecule has 242 valence electrons. The molecule has 0 heterocycles. The molecule has 3 atom stereocenters. The van der Waals surface area contributed by atoms with Gasteiger partial charge in [0.25, 0.3) is 5.91 Å². The van der Waals surface area contributed by atoms with Gasteiger partial charge in [-0.25, -0.2) is 12.7 Å². The topological polar surface area (TPSA) is 134 Å². The average molecular weight is 634 g/mol. The summed E-state index contributed by atoms with van der Waals surface area (Å²) in [4.78, 5) is 26.5. The van der Waals surface area contributed by atoms with Crippen molar-refractivity contribution in [2.45, 2.75) is 83.0 Å². The second-order valence-electron chi connectivity index (χ2n) is 12.0. The minimum Gasteiger partial charge on any atom is -0.352 e. The van der Waals surface area contributed by atoms with Gasteiger partial charge in [0.15, 0.2) is 0 Å². The van der Waals surface area contributed by atoms with E-state index in [2.05, 4.69) is 16.0 Å². The van der Waals surface area contributed by atoms with Gasteiger partial charge in [-0.3, -0.25) is 9.59 Å². The molecule has 10 heteroatoms. The Labute approximate surface area is 268 Å². The molecule has 1 saturated carbocycles. The highest BCUT2D eigenvalue weighted by atomic mass is 32.2. The zero-order valence-corrected chi connectivity index (χ0v) is 27.4. The summed E-state index contributed by atoms with van der Waals surface area (Å²) in [5.74, 6) is -0.414. The molecule has 9 nitrogen and oxygen atoms in total. The predicted octanol–water partition coefficient (Wildman–Crippen LogP) is 4.44. The third-order valence-electron chi connectivity index (χ3n) is 8.40. The number of carbonyl (C=O) groups is 2. The number of nitrogens with one attached hydrogen (secondary N) is 3. The molecule has 45 heavy (non-hydrogen) atoms. The lowest BCUT2D eigenvalue weighted by molar-refractivity contribution is -0.123. The monoisotopic (exact) mass is 633 g/mol. The van der Waals surface area contributed by atoms with Crippen LogP contribution in [0, 0.1) is 0 Å². The lowest BCUT2D eigenvalue weighted by Gasteiger charge is -2.28. The van der Waals surface area contributed by atoms with Crippen molar-refractivity contribution in [3.05, 3.63) is 95.6 Å². The van der Waals surface area contributed by atoms with Gasteiger partial charge in [-0.1, -0.05) is 80.8 Å². The van der Waals surface area contributed by atoms with E-state index in [1.54, 1.807) is 36.4 Å². The zero-order valence-electron chi connectivity index (χ0n) is 26.5. The van der Waals surface area contributed by atoms with Gasteiger partial charge in [0.2, 0.25) is 15.9 Å². The number of nitrogens with zero attached hydrogens (tertiary/aromatic N) is 1. The van der Waals surface area contributed by atoms with Gasteiger partial charge in [-0.2, -0.15) is 0 Å². The van der Waals surface area contributed by atoms with E-state index >= 15 is 0 Å². The van der Waals surface area contributed by atoms with Crippen molar-refractivity contribution in [1.29, 1.82) is 0 Å². The Morgan fingerprint density at radius 2 is 1.64 bits per heavy atom. The molecule has 3 aromatic rings. The van der Waals surface area contributed by atoms with Gasteiger partial charge < -0.3 is 21.7 Å². The molecule has 1 fully saturated rings. The molecule has 0 saturated heterocycles. The summed E-state index contributed by atoms with van der Waals surface area (Å²) >= 11 is 0. The van der Waals surface area contributed by atoms with Crippen LogP contribution in [0.5, 0.6) is 0 Å². The van der Waals surface area contributed by atoms with Crippen LogP contribution < -0.4 is 26.0 Å². The molecule has 2 amide bonds. The minimum atomic E-state index is -3.71. The van der Waals surface area contributed by atoms with Crippen molar-refractivity contribution < 1.29 is 18.0 Å². The lowest BCUT2D eigenvalue weighted by atomic mass is 9.95. The summed E-state index contributed by atoms with van der Waals surface area (Å²) < 4.78 is 27.3. The van der Waals surface area contributed by atoms with Crippen LogP contribution in [0.2, 0.25) is 0 Å². The van der Waals surface area contributed by atoms with Crippen LogP contribution in [0.3, 0.4) is 0 Å². The largest absolute Gasteiger partial charge is 0.352 e. The van der Waals surface area contributed by atoms with Gasteiger partial charge in [0.05, 0.1) is 23.7 Å². The third kappa shape index (κ3) is 9.63. The van der Waals surface area contributed by atoms with Crippen LogP contribution >= 0.6 is 0 Å². The summed E-state index contributed by atoms with van der Waals surface area (Å²) in [7, 11) is -3.71. The summed E-state index contributed by atoms with van der Waals surface area (Å²) in [6, 6.07) is 22.5. The number of hydrogen-bond acceptors (Lipinski definition) is 6. The van der Waals surface area contributed by atoms with Crippen LogP contribution in [0.25, 0.3) is 0 Å². The Kier molecular flexibility index (Phi) is 12.2. The van der Waals surface area contributed by atoms with Gasteiger partial charge in [0.1, 0.15) is 0 Å². The number of anilines is 2. The number of carbonyl (C=O) groups excluding carboxylic acids is 2. The van der Waals surface area contributed by atoms with Gasteiger partial charge in [0, 0.05) is 30.2 Å². The van der Waals surface area contributed by atoms with Crippen molar-refractivity contribution in [3.8, 4) is 0 Å². The van der Waals surface area contributed by atoms with E-state index < -0.39 is 28.1 Å². The van der Waals surface area contributed by atoms with Crippen molar-refractivity contribution in [3.63, 3.8) is 0 Å². The Morgan fingerprint density at radius 1 is 0.956 bits per heavy atom. The van der Waals surface area contributed by atoms with Crippen molar-refractivity contribution in [1.82, 2.24) is 16.0 Å². The first-order valence-electron chi connectivity index (χ1n) is 15.9. The van der Waals surface area contributed by atoms with E-state index in [-0.39, 0.29) is 17.9 Å². The standard InChI is InChI=1S/C35H47N5O4S/c1-4-27-16-11-12-21-33(27)40(45(3,43)44)30-20-13-17-28(23-30)35(42)39-32(22-26-14-7-5-8-15-26)31(36)24-37-25(2)34(41)38-29-18-9-6-10-19-29/h5,7-8,11-17,20-21,23,25,29,31-32,37H,4,6,9-10,18-19,22,24,36H2,1-3H3,(H,38,41)(H,39,42). The number of sulfonamides is 1. The molecular formula is C35H47N5O4S. The molecule has 3 aromatic carbocycles. The Bertz CT molecular complexity index is 1530. The van der Waals surface area contributed by atoms with E-state index in [0.717, 1.165) is 43.1 Å². The first-order chi connectivity index (χ1) is 21.6. The molecule has 4 rings (SSSR count). The summed E-state index contributed by atoms with van der Waals surface area (Å²) in [5.41, 5.74) is 9.79. The predicted molar refractivity (Wildman–Crippen MR) is 181 cm³/mol. The number of benzene rings is 3. The summed E-state index contributed by atoms with van der Waals surface area (Å²) in [6.07, 6.45) is 7.81. The molecule has 5 N–H and O–H groups in total. The van der Waals surface area contributed by atoms with Crippen LogP contribution in [-0.4, -0.2) is 57.2 Å². The first kappa shape index (κ1) is 34.1. The van der Waals surface area contributed by atoms with Crippen LogP contribution in [-0.2, 0) is 27.7 Å². The van der Waals surface area contributed by atoms with E-state index in [9.17, 15) is 18.0 Å². The van der Waals surface area contributed by atoms with Crippen molar-refractivity contribution in [2.75, 3.05) is 17.1 Å². The quantitative estimate of drug-likeness (QED) is 0.208. The Balaban J connectivity index is 1.50. The van der Waals surface area contributed by atoms with Crippen molar-refractivity contribution >= 4 is 33.2 Å². The zero-order chi connectivity index (χ0) is 32.4. The third-order valence-corrected chi connectivity index (χ3v) is 9.47. The highest BCUT2D eigenvalue weighted by Crippen LogP contribution is 2.32. The fraction of sp³-hybridized carbons (Fsp3) is 0.429. The SMILES string of the molecule is CCc1ccccc1N(c1cccc(C(=O)NC(Cc2ccccc2)C(N)CNC(C)C(=O)NC2CCCCC2)c1)S(C)(=O)=O. The summed E-state index contributed by atoms with van der Waals surface area (Å²) in [5, 5.41) is 9.50. The number of nitrogens with two attached hydrogens (primary N) is 1. The smallest absolute Gasteiger partial charge is 0.251 e. The molecule has 0 aromatic heterocycles. The first-order valence-corrected chi connectivity index (χ1v) is 17.7. The van der Waals surface area contributed by atoms with Crippen molar-refractivity contribution in [2.24, 2.45) is 5.73 Å². The Morgan fingerprint density at radius 3 is 2.33 bits per heavy atom. The molecule has 1 aliphatic carbocycles. The molecule has 0 aliphatic heterocycles. The lowest BCUT2D eigenvalue weighted by Crippen LogP contribution is -2.56. The number of hydrogen-bond donors (Lipinski definition) is 4. The second kappa shape index (κ2) is 16.0. The highest BCUT2D eigenvalue weighted by Gasteiger charge is 2.26. The number of para-hydroxylation sites is 1. The van der Waals surface area contributed by atoms with E-state index in [0.29, 0.717) is 36.3 Å². The maximum Gasteiger partial charge on any atom is 0.251 e. The fourth-order valence-electron chi connectivity index (χ4n) is 5.84. The minimum absolute atomic E-state index is 0.0466. The van der Waals surface area contributed by atoms with Gasteiger partial charge in [-0.05, 0) is 68.0 Å². The van der Waals surface area contributed by atoms with E-state index in [1.165, 1.54) is 10.7 Å². The van der Waals surface area contributed by atoms with Crippen LogP contribution in [0.1, 0.15) is 67.4 Å². The summed E-state index contributed by atoms with van der Waals surface area (Å²) in [6.45, 7) is 4.11.